The Labute approximate surface area is 98.1 Å². The molecule has 0 fully saturated rings. The predicted molar refractivity (Wildman–Crippen MR) is 62.5 cm³/mol. The van der Waals surface area contributed by atoms with Crippen molar-refractivity contribution >= 4 is 35.2 Å². The van der Waals surface area contributed by atoms with Crippen molar-refractivity contribution in [2.24, 2.45) is 0 Å². The van der Waals surface area contributed by atoms with Crippen LogP contribution >= 0.6 is 23.2 Å². The Morgan fingerprint density at radius 2 is 2.13 bits per heavy atom. The van der Waals surface area contributed by atoms with E-state index < -0.39 is 5.97 Å². The van der Waals surface area contributed by atoms with Gasteiger partial charge in [0.25, 0.3) is 0 Å². The van der Waals surface area contributed by atoms with E-state index in [4.69, 9.17) is 28.3 Å². The van der Waals surface area contributed by atoms with Gasteiger partial charge >= 0.3 is 5.97 Å². The smallest absolute Gasteiger partial charge is 0.328 e. The maximum absolute atomic E-state index is 10.4. The van der Waals surface area contributed by atoms with E-state index in [1.54, 1.807) is 12.1 Å². The highest BCUT2D eigenvalue weighted by molar-refractivity contribution is 6.42. The first kappa shape index (κ1) is 12.1. The quantitative estimate of drug-likeness (QED) is 0.825. The van der Waals surface area contributed by atoms with E-state index in [0.717, 1.165) is 17.2 Å². The van der Waals surface area contributed by atoms with Crippen LogP contribution in [0.1, 0.15) is 18.1 Å². The minimum Gasteiger partial charge on any atom is -0.478 e. The van der Waals surface area contributed by atoms with E-state index >= 15 is 0 Å². The third kappa shape index (κ3) is 2.98. The van der Waals surface area contributed by atoms with Crippen molar-refractivity contribution in [1.29, 1.82) is 0 Å². The fourth-order valence-electron chi connectivity index (χ4n) is 1.28. The van der Waals surface area contributed by atoms with Gasteiger partial charge in [-0.05, 0) is 29.7 Å². The van der Waals surface area contributed by atoms with Crippen LogP contribution in [0.5, 0.6) is 0 Å². The van der Waals surface area contributed by atoms with Crippen LogP contribution in [0.25, 0.3) is 6.08 Å². The Morgan fingerprint density at radius 1 is 1.47 bits per heavy atom. The van der Waals surface area contributed by atoms with Crippen molar-refractivity contribution < 1.29 is 9.90 Å². The molecular formula is C11H10Cl2O2. The van der Waals surface area contributed by atoms with Crippen LogP contribution in [0.2, 0.25) is 10.0 Å². The van der Waals surface area contributed by atoms with E-state index in [1.165, 1.54) is 6.08 Å². The molecule has 2 nitrogen and oxygen atoms in total. The molecule has 0 atom stereocenters. The van der Waals surface area contributed by atoms with Crippen molar-refractivity contribution in [3.63, 3.8) is 0 Å². The SMILES string of the molecule is CCc1c(/C=C/C(=O)O)ccc(Cl)c1Cl. The topological polar surface area (TPSA) is 37.3 Å². The summed E-state index contributed by atoms with van der Waals surface area (Å²) < 4.78 is 0. The molecule has 0 bridgehead atoms. The van der Waals surface area contributed by atoms with Crippen LogP contribution in [0.4, 0.5) is 0 Å². The molecule has 0 unspecified atom stereocenters. The standard InChI is InChI=1S/C11H10Cl2O2/c1-2-8-7(4-6-10(14)15)3-5-9(12)11(8)13/h3-6H,2H2,1H3,(H,14,15)/b6-4+. The molecule has 0 radical (unpaired) electrons. The summed E-state index contributed by atoms with van der Waals surface area (Å²) in [5.41, 5.74) is 1.65. The zero-order chi connectivity index (χ0) is 11.4. The number of carboxylic acids is 1. The predicted octanol–water partition coefficient (Wildman–Crippen LogP) is 3.65. The van der Waals surface area contributed by atoms with Gasteiger partial charge in [-0.2, -0.15) is 0 Å². The molecule has 1 rings (SSSR count). The molecule has 1 N–H and O–H groups in total. The Kier molecular flexibility index (Phi) is 4.18. The second kappa shape index (κ2) is 5.19. The fraction of sp³-hybridized carbons (Fsp3) is 0.182. The number of hydrogen-bond donors (Lipinski definition) is 1. The number of halogens is 2. The van der Waals surface area contributed by atoms with Gasteiger partial charge in [-0.3, -0.25) is 0 Å². The van der Waals surface area contributed by atoms with Crippen molar-refractivity contribution in [3.8, 4) is 0 Å². The molecular weight excluding hydrogens is 235 g/mol. The summed E-state index contributed by atoms with van der Waals surface area (Å²) >= 11 is 11.9. The van der Waals surface area contributed by atoms with Crippen molar-refractivity contribution in [3.05, 3.63) is 39.4 Å². The molecule has 0 heterocycles. The Balaban J connectivity index is 3.19. The van der Waals surface area contributed by atoms with Gasteiger partial charge in [-0.15, -0.1) is 0 Å². The van der Waals surface area contributed by atoms with Crippen LogP contribution in [-0.4, -0.2) is 11.1 Å². The van der Waals surface area contributed by atoms with E-state index in [1.807, 2.05) is 6.92 Å². The molecule has 15 heavy (non-hydrogen) atoms. The summed E-state index contributed by atoms with van der Waals surface area (Å²) in [4.78, 5) is 10.4. The number of rotatable bonds is 3. The monoisotopic (exact) mass is 244 g/mol. The minimum absolute atomic E-state index is 0.487. The van der Waals surface area contributed by atoms with Gasteiger partial charge in [0.15, 0.2) is 0 Å². The van der Waals surface area contributed by atoms with E-state index in [9.17, 15) is 4.79 Å². The van der Waals surface area contributed by atoms with Gasteiger partial charge < -0.3 is 5.11 Å². The number of carbonyl (C=O) groups is 1. The number of aliphatic carboxylic acids is 1. The average Bonchev–Trinajstić information content (AvgIpc) is 2.19. The Bertz CT molecular complexity index is 411. The van der Waals surface area contributed by atoms with Gasteiger partial charge in [0.05, 0.1) is 10.0 Å². The van der Waals surface area contributed by atoms with Crippen LogP contribution < -0.4 is 0 Å². The molecule has 0 spiro atoms. The van der Waals surface area contributed by atoms with Crippen molar-refractivity contribution in [2.45, 2.75) is 13.3 Å². The molecule has 0 aliphatic carbocycles. The summed E-state index contributed by atoms with van der Waals surface area (Å²) in [5.74, 6) is -0.983. The lowest BCUT2D eigenvalue weighted by Gasteiger charge is -2.07. The fourth-order valence-corrected chi connectivity index (χ4v) is 1.77. The van der Waals surface area contributed by atoms with Gasteiger partial charge in [0.2, 0.25) is 0 Å². The normalized spacial score (nSPS) is 10.9. The second-order valence-corrected chi connectivity index (χ2v) is 3.74. The van der Waals surface area contributed by atoms with E-state index in [0.29, 0.717) is 16.5 Å². The Morgan fingerprint density at radius 3 is 2.67 bits per heavy atom. The molecule has 0 saturated heterocycles. The van der Waals surface area contributed by atoms with Gasteiger partial charge in [0, 0.05) is 6.08 Å². The maximum atomic E-state index is 10.4. The lowest BCUT2D eigenvalue weighted by atomic mass is 10.0. The van der Waals surface area contributed by atoms with Crippen LogP contribution in [0.3, 0.4) is 0 Å². The van der Waals surface area contributed by atoms with Crippen LogP contribution in [0.15, 0.2) is 18.2 Å². The van der Waals surface area contributed by atoms with Gasteiger partial charge in [-0.1, -0.05) is 36.2 Å². The van der Waals surface area contributed by atoms with Crippen molar-refractivity contribution in [1.82, 2.24) is 0 Å². The molecule has 0 aromatic heterocycles. The zero-order valence-corrected chi connectivity index (χ0v) is 9.64. The third-order valence-electron chi connectivity index (χ3n) is 1.99. The molecule has 0 amide bonds. The molecule has 4 heteroatoms. The summed E-state index contributed by atoms with van der Waals surface area (Å²) in [6.45, 7) is 1.94. The first-order valence-electron chi connectivity index (χ1n) is 4.44. The molecule has 80 valence electrons. The minimum atomic E-state index is -0.983. The highest BCUT2D eigenvalue weighted by Crippen LogP contribution is 2.29. The molecule has 1 aromatic carbocycles. The van der Waals surface area contributed by atoms with Crippen LogP contribution in [-0.2, 0) is 11.2 Å². The Hall–Kier alpha value is -0.990. The van der Waals surface area contributed by atoms with Crippen LogP contribution in [0, 0.1) is 0 Å². The number of benzene rings is 1. The van der Waals surface area contributed by atoms with E-state index in [-0.39, 0.29) is 0 Å². The van der Waals surface area contributed by atoms with Crippen molar-refractivity contribution in [2.75, 3.05) is 0 Å². The molecule has 0 aliphatic rings. The first-order chi connectivity index (χ1) is 7.06. The molecule has 0 saturated carbocycles. The summed E-state index contributed by atoms with van der Waals surface area (Å²) in [6.07, 6.45) is 3.31. The highest BCUT2D eigenvalue weighted by Gasteiger charge is 2.07. The lowest BCUT2D eigenvalue weighted by Crippen LogP contribution is -1.91. The average molecular weight is 245 g/mol. The van der Waals surface area contributed by atoms with Gasteiger partial charge in [-0.25, -0.2) is 4.79 Å². The highest BCUT2D eigenvalue weighted by atomic mass is 35.5. The summed E-state index contributed by atoms with van der Waals surface area (Å²) in [6, 6.07) is 3.41. The summed E-state index contributed by atoms with van der Waals surface area (Å²) in [5, 5.41) is 9.50. The lowest BCUT2D eigenvalue weighted by molar-refractivity contribution is -0.131. The summed E-state index contributed by atoms with van der Waals surface area (Å²) in [7, 11) is 0. The molecule has 1 aromatic rings. The zero-order valence-electron chi connectivity index (χ0n) is 8.13. The largest absolute Gasteiger partial charge is 0.478 e. The first-order valence-corrected chi connectivity index (χ1v) is 5.19. The van der Waals surface area contributed by atoms with E-state index in [2.05, 4.69) is 0 Å². The molecule has 0 aliphatic heterocycles. The second-order valence-electron chi connectivity index (χ2n) is 2.95. The number of hydrogen-bond acceptors (Lipinski definition) is 1. The maximum Gasteiger partial charge on any atom is 0.328 e. The third-order valence-corrected chi connectivity index (χ3v) is 2.83. The van der Waals surface area contributed by atoms with Gasteiger partial charge in [0.1, 0.15) is 0 Å². The number of carboxylic acid groups (broad SMARTS) is 1.